The van der Waals surface area contributed by atoms with Crippen LogP contribution in [0.25, 0.3) is 76.8 Å². The fourth-order valence-electron chi connectivity index (χ4n) is 12.2. The molecule has 82 heavy (non-hydrogen) atoms. The van der Waals surface area contributed by atoms with Crippen molar-refractivity contribution in [1.82, 2.24) is 0 Å². The van der Waals surface area contributed by atoms with Crippen LogP contribution in [0.1, 0.15) is 0 Å². The minimum atomic E-state index is -1.62. The highest BCUT2D eigenvalue weighted by Crippen LogP contribution is 2.53. The second-order valence-corrected chi connectivity index (χ2v) is 46.9. The molecule has 0 N–H and O–H groups in total. The van der Waals surface area contributed by atoms with E-state index in [1.807, 2.05) is 0 Å². The highest BCUT2D eigenvalue weighted by molar-refractivity contribution is 6.90. The fourth-order valence-corrected chi connectivity index (χ4v) is 16.9. The van der Waals surface area contributed by atoms with Crippen LogP contribution in [0, 0.1) is 0 Å². The molecule has 12 rings (SSSR count). The van der Waals surface area contributed by atoms with Crippen molar-refractivity contribution in [2.24, 2.45) is 0 Å². The Labute approximate surface area is 491 Å². The van der Waals surface area contributed by atoms with Crippen molar-refractivity contribution in [2.75, 3.05) is 9.80 Å². The summed E-state index contributed by atoms with van der Waals surface area (Å²) >= 11 is 0. The summed E-state index contributed by atoms with van der Waals surface area (Å²) in [4.78, 5) is 5.11. The van der Waals surface area contributed by atoms with E-state index in [0.717, 1.165) is 34.1 Å². The molecule has 0 aliphatic heterocycles. The van der Waals surface area contributed by atoms with Gasteiger partial charge in [0.05, 0.1) is 43.7 Å². The quantitative estimate of drug-likeness (QED) is 0.0791. The van der Waals surface area contributed by atoms with Crippen LogP contribution in [-0.4, -0.2) is 32.3 Å². The van der Waals surface area contributed by atoms with E-state index in [2.05, 4.69) is 331 Å². The predicted octanol–water partition coefficient (Wildman–Crippen LogP) is 20.4. The van der Waals surface area contributed by atoms with Crippen molar-refractivity contribution >= 4 is 119 Å². The van der Waals surface area contributed by atoms with Gasteiger partial charge in [-0.2, -0.15) is 0 Å². The van der Waals surface area contributed by atoms with Gasteiger partial charge in [0, 0.05) is 44.3 Å². The lowest BCUT2D eigenvalue weighted by atomic mass is 9.83. The van der Waals surface area contributed by atoms with Crippen LogP contribution in [0.15, 0.2) is 243 Å². The average Bonchev–Trinajstić information content (AvgIpc) is 1.24. The predicted molar refractivity (Wildman–Crippen MR) is 373 cm³/mol. The van der Waals surface area contributed by atoms with Crippen molar-refractivity contribution in [3.63, 3.8) is 0 Å². The lowest BCUT2D eigenvalue weighted by Gasteiger charge is -2.32. The SMILES string of the molecule is C[Si](C)(C)c1ccc(N(c2ccc([Si](C)(C)C)cc2)c2cc(-c3ccccc3-c3ccccc3)c3ccc4c(N(c5ccc([Si](C)(C)C)cc5)c5ccc([Si](C)(C)C)cc5)cc(-c5ccccc5-c5ccccc5)c5ccc2c3c54)cc1. The van der Waals surface area contributed by atoms with Crippen molar-refractivity contribution < 1.29 is 0 Å². The Morgan fingerprint density at radius 3 is 0.732 bits per heavy atom. The summed E-state index contributed by atoms with van der Waals surface area (Å²) in [5.41, 5.74) is 16.5. The summed E-state index contributed by atoms with van der Waals surface area (Å²) in [5, 5.41) is 13.2. The minimum Gasteiger partial charge on any atom is -0.310 e. The van der Waals surface area contributed by atoms with Crippen molar-refractivity contribution in [1.29, 1.82) is 0 Å². The Bertz CT molecular complexity index is 3860. The zero-order chi connectivity index (χ0) is 57.3. The van der Waals surface area contributed by atoms with Gasteiger partial charge in [0.25, 0.3) is 0 Å². The molecule has 12 aromatic carbocycles. The van der Waals surface area contributed by atoms with Crippen LogP contribution in [0.2, 0.25) is 78.6 Å². The van der Waals surface area contributed by atoms with Crippen LogP contribution < -0.4 is 30.5 Å². The second-order valence-electron chi connectivity index (χ2n) is 26.6. The molecule has 0 aromatic heterocycles. The van der Waals surface area contributed by atoms with Crippen molar-refractivity contribution in [3.05, 3.63) is 243 Å². The molecule has 0 fully saturated rings. The summed E-state index contributed by atoms with van der Waals surface area (Å²) in [6, 6.07) is 93.1. The van der Waals surface area contributed by atoms with E-state index in [1.165, 1.54) is 97.6 Å². The maximum absolute atomic E-state index is 2.56. The Kier molecular flexibility index (Phi) is 14.1. The molecule has 0 atom stereocenters. The minimum absolute atomic E-state index is 1.15. The number of nitrogens with zero attached hydrogens (tertiary/aromatic N) is 2. The molecule has 12 aromatic rings. The van der Waals surface area contributed by atoms with Gasteiger partial charge in [0.2, 0.25) is 0 Å². The zero-order valence-electron chi connectivity index (χ0n) is 50.0. The van der Waals surface area contributed by atoms with E-state index in [-0.39, 0.29) is 0 Å². The summed E-state index contributed by atoms with van der Waals surface area (Å²) in [6.07, 6.45) is 0. The van der Waals surface area contributed by atoms with Gasteiger partial charge in [-0.05, 0) is 116 Å². The van der Waals surface area contributed by atoms with Crippen LogP contribution in [-0.2, 0) is 0 Å². The third-order valence-electron chi connectivity index (χ3n) is 16.9. The summed E-state index contributed by atoms with van der Waals surface area (Å²) in [6.45, 7) is 29.3. The van der Waals surface area contributed by atoms with Gasteiger partial charge in [-0.1, -0.05) is 281 Å². The summed E-state index contributed by atoms with van der Waals surface area (Å²) < 4.78 is 0. The molecule has 0 aliphatic rings. The molecule has 0 amide bonds. The van der Waals surface area contributed by atoms with E-state index in [4.69, 9.17) is 0 Å². The van der Waals surface area contributed by atoms with Crippen LogP contribution in [0.4, 0.5) is 34.1 Å². The molecule has 0 spiro atoms. The fraction of sp³-hybridized carbons (Fsp3) is 0.158. The first-order valence-electron chi connectivity index (χ1n) is 29.3. The molecule has 0 heterocycles. The average molecular weight is 1130 g/mol. The monoisotopic (exact) mass is 1130 g/mol. The third kappa shape index (κ3) is 10.3. The first-order chi connectivity index (χ1) is 39.2. The van der Waals surface area contributed by atoms with E-state index in [0.29, 0.717) is 0 Å². The molecule has 6 heteroatoms. The normalized spacial score (nSPS) is 12.4. The zero-order valence-corrected chi connectivity index (χ0v) is 54.0. The topological polar surface area (TPSA) is 6.48 Å². The smallest absolute Gasteiger partial charge is 0.0775 e. The number of anilines is 6. The van der Waals surface area contributed by atoms with Gasteiger partial charge < -0.3 is 9.80 Å². The molecule has 0 aliphatic carbocycles. The molecular formula is C76H76N2Si4. The van der Waals surface area contributed by atoms with E-state index in [1.54, 1.807) is 0 Å². The molecule has 0 bridgehead atoms. The number of hydrogen-bond acceptors (Lipinski definition) is 2. The van der Waals surface area contributed by atoms with Gasteiger partial charge in [0.15, 0.2) is 0 Å². The molecule has 406 valence electrons. The Morgan fingerprint density at radius 1 is 0.220 bits per heavy atom. The number of benzene rings is 12. The Hall–Kier alpha value is -7.85. The van der Waals surface area contributed by atoms with Crippen molar-refractivity contribution in [3.8, 4) is 44.5 Å². The van der Waals surface area contributed by atoms with Gasteiger partial charge in [-0.3, -0.25) is 0 Å². The molecule has 2 nitrogen and oxygen atoms in total. The van der Waals surface area contributed by atoms with Gasteiger partial charge in [-0.25, -0.2) is 0 Å². The molecule has 0 unspecified atom stereocenters. The van der Waals surface area contributed by atoms with E-state index < -0.39 is 32.3 Å². The van der Waals surface area contributed by atoms with Crippen LogP contribution in [0.3, 0.4) is 0 Å². The summed E-state index contributed by atoms with van der Waals surface area (Å²) in [7, 11) is -6.47. The van der Waals surface area contributed by atoms with Gasteiger partial charge in [-0.15, -0.1) is 0 Å². The molecular weight excluding hydrogens is 1050 g/mol. The van der Waals surface area contributed by atoms with E-state index in [9.17, 15) is 0 Å². The lowest BCUT2D eigenvalue weighted by molar-refractivity contribution is 1.30. The van der Waals surface area contributed by atoms with Crippen LogP contribution in [0.5, 0.6) is 0 Å². The van der Waals surface area contributed by atoms with E-state index >= 15 is 0 Å². The highest BCUT2D eigenvalue weighted by atomic mass is 28.3. The number of rotatable bonds is 14. The maximum Gasteiger partial charge on any atom is 0.0775 e. The highest BCUT2D eigenvalue weighted by Gasteiger charge is 2.29. The maximum atomic E-state index is 2.56. The summed E-state index contributed by atoms with van der Waals surface area (Å²) in [5.74, 6) is 0. The Morgan fingerprint density at radius 2 is 0.463 bits per heavy atom. The second kappa shape index (κ2) is 21.2. The standard InChI is InChI=1S/C76H76N2Si4/c1-79(2,3)59-39-31-55(32-40-59)77(56-33-41-60(42-34-56)80(4,5)6)73-51-71(65-29-21-19-27-63(65)53-23-15-13-16-24-53)67-48-50-70-74(78(57-35-43-61(44-36-57)81(7,8)9)58-37-45-62(46-38-58)82(10,11)12)52-72(68-47-49-69(73)75(67)76(68)70)66-30-22-20-28-64(66)54-25-17-14-18-26-54/h13-52H,1-12H3. The molecule has 0 saturated heterocycles. The largest absolute Gasteiger partial charge is 0.310 e. The Balaban J connectivity index is 1.26. The first-order valence-corrected chi connectivity index (χ1v) is 43.3. The van der Waals surface area contributed by atoms with Crippen LogP contribution >= 0.6 is 0 Å². The first kappa shape index (κ1) is 54.7. The molecule has 0 saturated carbocycles. The van der Waals surface area contributed by atoms with Crippen molar-refractivity contribution in [2.45, 2.75) is 78.6 Å². The lowest BCUT2D eigenvalue weighted by Crippen LogP contribution is -2.37. The van der Waals surface area contributed by atoms with Gasteiger partial charge in [0.1, 0.15) is 0 Å². The van der Waals surface area contributed by atoms with Gasteiger partial charge >= 0.3 is 0 Å². The third-order valence-corrected chi connectivity index (χ3v) is 25.2. The number of hydrogen-bond donors (Lipinski definition) is 0. The molecule has 0 radical (unpaired) electrons.